The van der Waals surface area contributed by atoms with Crippen LogP contribution in [0.1, 0.15) is 60.6 Å². The molecule has 5 heterocycles. The summed E-state index contributed by atoms with van der Waals surface area (Å²) < 4.78 is 2.76. The van der Waals surface area contributed by atoms with Crippen LogP contribution in [0.2, 0.25) is 0 Å². The van der Waals surface area contributed by atoms with Gasteiger partial charge in [-0.05, 0) is 86.9 Å². The Morgan fingerprint density at radius 1 is 0.854 bits per heavy atom. The minimum Gasteiger partial charge on any atom is -0.371 e. The second kappa shape index (κ2) is 13.0. The number of likely N-dealkylation sites (tertiary alicyclic amines) is 1. The van der Waals surface area contributed by atoms with Gasteiger partial charge in [-0.15, -0.1) is 10.2 Å². The van der Waals surface area contributed by atoms with Crippen molar-refractivity contribution in [2.24, 2.45) is 17.6 Å². The first-order valence-corrected chi connectivity index (χ1v) is 16.3. The van der Waals surface area contributed by atoms with Crippen molar-refractivity contribution in [3.63, 3.8) is 0 Å². The molecule has 0 saturated carbocycles. The lowest BCUT2D eigenvalue weighted by molar-refractivity contribution is -0.138. The number of benzene rings is 2. The van der Waals surface area contributed by atoms with Gasteiger partial charge in [0.05, 0.1) is 23.0 Å². The van der Waals surface area contributed by atoms with Gasteiger partial charge in [0.25, 0.3) is 11.5 Å². The molecular weight excluding hydrogens is 616 g/mol. The second-order valence-electron chi connectivity index (χ2n) is 12.8. The first-order chi connectivity index (χ1) is 23.2. The van der Waals surface area contributed by atoms with E-state index < -0.39 is 23.4 Å². The number of primary amides is 1. The summed E-state index contributed by atoms with van der Waals surface area (Å²) in [6.45, 7) is 2.80. The maximum absolute atomic E-state index is 13.5. The van der Waals surface area contributed by atoms with E-state index in [0.717, 1.165) is 66.9 Å². The van der Waals surface area contributed by atoms with Crippen LogP contribution >= 0.6 is 0 Å². The number of nitrogens with one attached hydrogen (secondary N) is 1. The molecule has 15 nitrogen and oxygen atoms in total. The Kier molecular flexibility index (Phi) is 8.41. The molecule has 0 aliphatic carbocycles. The number of carbonyl (C=O) groups excluding carboxylic acids is 4. The molecule has 3 aliphatic rings. The van der Waals surface area contributed by atoms with Crippen LogP contribution in [0, 0.1) is 11.8 Å². The summed E-state index contributed by atoms with van der Waals surface area (Å²) in [5.41, 5.74) is 8.32. The lowest BCUT2D eigenvalue weighted by atomic mass is 9.90. The van der Waals surface area contributed by atoms with Crippen molar-refractivity contribution in [3.8, 4) is 5.69 Å². The van der Waals surface area contributed by atoms with E-state index in [1.807, 2.05) is 17.2 Å². The third-order valence-corrected chi connectivity index (χ3v) is 9.76. The molecule has 15 heteroatoms. The fourth-order valence-electron chi connectivity index (χ4n) is 6.95. The van der Waals surface area contributed by atoms with Crippen LogP contribution in [-0.2, 0) is 20.8 Å². The van der Waals surface area contributed by atoms with Gasteiger partial charge >= 0.3 is 0 Å². The van der Waals surface area contributed by atoms with Crippen LogP contribution in [0.3, 0.4) is 0 Å². The molecule has 248 valence electrons. The third-order valence-electron chi connectivity index (χ3n) is 9.76. The zero-order valence-corrected chi connectivity index (χ0v) is 26.3. The van der Waals surface area contributed by atoms with Crippen molar-refractivity contribution in [1.82, 2.24) is 40.2 Å². The minimum atomic E-state index is -0.876. The number of nitrogens with two attached hydrogens (primary N) is 1. The van der Waals surface area contributed by atoms with E-state index in [4.69, 9.17) is 5.73 Å². The Labute approximate surface area is 275 Å². The van der Waals surface area contributed by atoms with Crippen LogP contribution in [0.5, 0.6) is 0 Å². The van der Waals surface area contributed by atoms with Crippen LogP contribution in [0.15, 0.2) is 53.5 Å². The van der Waals surface area contributed by atoms with Crippen LogP contribution in [0.25, 0.3) is 16.6 Å². The average molecular weight is 653 g/mol. The van der Waals surface area contributed by atoms with E-state index in [2.05, 4.69) is 30.8 Å². The molecule has 1 unspecified atom stereocenters. The maximum atomic E-state index is 13.5. The molecule has 0 bridgehead atoms. The fourth-order valence-corrected chi connectivity index (χ4v) is 6.95. The van der Waals surface area contributed by atoms with E-state index in [9.17, 15) is 24.0 Å². The number of imide groups is 1. The molecule has 4 amide bonds. The molecule has 1 atom stereocenters. The molecule has 3 saturated heterocycles. The van der Waals surface area contributed by atoms with E-state index in [0.29, 0.717) is 35.5 Å². The zero-order chi connectivity index (χ0) is 33.4. The van der Waals surface area contributed by atoms with Crippen molar-refractivity contribution in [2.75, 3.05) is 31.1 Å². The van der Waals surface area contributed by atoms with Gasteiger partial charge in [0.1, 0.15) is 11.6 Å². The summed E-state index contributed by atoms with van der Waals surface area (Å²) in [5, 5.41) is 19.3. The van der Waals surface area contributed by atoms with Gasteiger partial charge in [0.2, 0.25) is 17.7 Å². The molecule has 7 rings (SSSR count). The van der Waals surface area contributed by atoms with E-state index >= 15 is 0 Å². The molecule has 0 radical (unpaired) electrons. The lowest BCUT2D eigenvalue weighted by Crippen LogP contribution is -2.46. The smallest absolute Gasteiger partial charge is 0.278 e. The van der Waals surface area contributed by atoms with Gasteiger partial charge in [0.15, 0.2) is 0 Å². The molecular formula is C33H36N10O5. The lowest BCUT2D eigenvalue weighted by Gasteiger charge is -2.38. The number of fused-ring (bicyclic) bond motifs is 1. The monoisotopic (exact) mass is 652 g/mol. The molecule has 2 aromatic carbocycles. The number of carbonyl (C=O) groups is 4. The molecule has 3 fully saturated rings. The van der Waals surface area contributed by atoms with Gasteiger partial charge < -0.3 is 15.5 Å². The summed E-state index contributed by atoms with van der Waals surface area (Å²) in [4.78, 5) is 66.2. The standard InChI is InChI=1S/C33H36N10O5/c34-30(45)21-1-3-24(4-2-21)42-19-23(36-38-42)17-20-9-13-41(14-10-20)32(47)22-11-15-40(16-12-22)25-5-6-27-26(18-25)33(48)43(39-37-27)28-7-8-29(44)35-31(28)46/h1-6,18-20,22,28H,7-17H2,(H2,34,45)(H,35,44,46). The van der Waals surface area contributed by atoms with Crippen molar-refractivity contribution in [1.29, 1.82) is 0 Å². The minimum absolute atomic E-state index is 0.0465. The van der Waals surface area contributed by atoms with Crippen LogP contribution < -0.4 is 21.5 Å². The van der Waals surface area contributed by atoms with Crippen molar-refractivity contribution < 1.29 is 19.2 Å². The number of hydrogen-bond donors (Lipinski definition) is 2. The number of aromatic nitrogens is 6. The number of amides is 4. The largest absolute Gasteiger partial charge is 0.371 e. The SMILES string of the molecule is NC(=O)c1ccc(-n2cc(CC3CCN(C(=O)C4CCN(c5ccc6nnn(C7CCC(=O)NC7=O)c(=O)c6c5)CC4)CC3)nn2)cc1. The fraction of sp³-hybridized carbons (Fsp3) is 0.424. The predicted molar refractivity (Wildman–Crippen MR) is 173 cm³/mol. The maximum Gasteiger partial charge on any atom is 0.278 e. The predicted octanol–water partition coefficient (Wildman–Crippen LogP) is 1.15. The zero-order valence-electron chi connectivity index (χ0n) is 26.3. The Hall–Kier alpha value is -5.47. The number of piperidine rings is 3. The van der Waals surface area contributed by atoms with E-state index in [-0.39, 0.29) is 30.6 Å². The van der Waals surface area contributed by atoms with Crippen molar-refractivity contribution in [3.05, 3.63) is 70.3 Å². The average Bonchev–Trinajstić information content (AvgIpc) is 3.57. The molecule has 3 aliphatic heterocycles. The summed E-state index contributed by atoms with van der Waals surface area (Å²) in [5.74, 6) is -0.815. The topological polar surface area (TPSA) is 191 Å². The summed E-state index contributed by atoms with van der Waals surface area (Å²) in [6.07, 6.45) is 6.27. The Morgan fingerprint density at radius 3 is 2.29 bits per heavy atom. The molecule has 4 aromatic rings. The number of anilines is 1. The first-order valence-electron chi connectivity index (χ1n) is 16.3. The second-order valence-corrected chi connectivity index (χ2v) is 12.8. The van der Waals surface area contributed by atoms with E-state index in [1.165, 1.54) is 0 Å². The van der Waals surface area contributed by atoms with Crippen molar-refractivity contribution >= 4 is 40.2 Å². The highest BCUT2D eigenvalue weighted by molar-refractivity contribution is 5.99. The van der Waals surface area contributed by atoms with Crippen molar-refractivity contribution in [2.45, 2.75) is 51.0 Å². The molecule has 0 spiro atoms. The molecule has 2 aromatic heterocycles. The molecule has 3 N–H and O–H groups in total. The molecule has 48 heavy (non-hydrogen) atoms. The van der Waals surface area contributed by atoms with Gasteiger partial charge in [-0.2, -0.15) is 4.68 Å². The normalized spacial score (nSPS) is 19.5. The Bertz CT molecular complexity index is 1940. The highest BCUT2D eigenvalue weighted by atomic mass is 16.2. The first kappa shape index (κ1) is 31.1. The Balaban J connectivity index is 0.917. The highest BCUT2D eigenvalue weighted by Gasteiger charge is 2.33. The van der Waals surface area contributed by atoms with Crippen LogP contribution in [-0.4, -0.2) is 84.7 Å². The number of rotatable bonds is 7. The number of nitrogens with zero attached hydrogens (tertiary/aromatic N) is 8. The van der Waals surface area contributed by atoms with Gasteiger partial charge in [-0.25, -0.2) is 4.68 Å². The third kappa shape index (κ3) is 6.27. The van der Waals surface area contributed by atoms with Gasteiger partial charge in [-0.1, -0.05) is 10.4 Å². The highest BCUT2D eigenvalue weighted by Crippen LogP contribution is 2.29. The number of hydrogen-bond acceptors (Lipinski definition) is 10. The Morgan fingerprint density at radius 2 is 1.58 bits per heavy atom. The summed E-state index contributed by atoms with van der Waals surface area (Å²) in [6, 6.07) is 11.5. The summed E-state index contributed by atoms with van der Waals surface area (Å²) >= 11 is 0. The van der Waals surface area contributed by atoms with Gasteiger partial charge in [0, 0.05) is 49.8 Å². The summed E-state index contributed by atoms with van der Waals surface area (Å²) in [7, 11) is 0. The van der Waals surface area contributed by atoms with Gasteiger partial charge in [-0.3, -0.25) is 29.3 Å². The quantitative estimate of drug-likeness (QED) is 0.274. The van der Waals surface area contributed by atoms with E-state index in [1.54, 1.807) is 41.1 Å². The van der Waals surface area contributed by atoms with Crippen LogP contribution in [0.4, 0.5) is 5.69 Å².